The molecule has 2 spiro atoms. The van der Waals surface area contributed by atoms with E-state index in [0.717, 1.165) is 51.2 Å². The van der Waals surface area contributed by atoms with Crippen LogP contribution in [-0.4, -0.2) is 81.0 Å². The second-order valence-corrected chi connectivity index (χ2v) is 19.6. The molecule has 0 aromatic rings. The molecule has 5 saturated carbocycles. The number of fused-ring (bicyclic) bond motifs is 4. The van der Waals surface area contributed by atoms with Crippen LogP contribution in [0.15, 0.2) is 0 Å². The summed E-state index contributed by atoms with van der Waals surface area (Å²) in [5.41, 5.74) is 1.25. The highest BCUT2D eigenvalue weighted by molar-refractivity contribution is 5.75. The summed E-state index contributed by atoms with van der Waals surface area (Å²) in [6.07, 6.45) is 12.0. The van der Waals surface area contributed by atoms with Gasteiger partial charge in [-0.25, -0.2) is 0 Å². The van der Waals surface area contributed by atoms with E-state index in [2.05, 4.69) is 39.5 Å². The number of hydrogen-bond acceptors (Lipinski definition) is 7. The van der Waals surface area contributed by atoms with Crippen LogP contribution in [0.2, 0.25) is 0 Å². The SMILES string of the molecule is C[C@@H]1CC(COC(=O)C(C)(C)C)OC2C[C@@]3(C)C4CCC5C(C)(C)[C@@H](OC6CN(C7COC7)CCO6)CC[C@@]56CC46CCC3(C)C21. The summed E-state index contributed by atoms with van der Waals surface area (Å²) in [6.45, 7) is 23.4. The summed E-state index contributed by atoms with van der Waals surface area (Å²) in [6, 6.07) is 0.544. The Morgan fingerprint density at radius 1 is 0.957 bits per heavy atom. The molecule has 7 heteroatoms. The van der Waals surface area contributed by atoms with Crippen molar-refractivity contribution in [2.24, 2.45) is 56.2 Å². The summed E-state index contributed by atoms with van der Waals surface area (Å²) in [5.74, 6) is 2.57. The molecule has 0 bridgehead atoms. The Morgan fingerprint density at radius 3 is 2.41 bits per heavy atom. The van der Waals surface area contributed by atoms with E-state index in [-0.39, 0.29) is 36.0 Å². The zero-order valence-corrected chi connectivity index (χ0v) is 30.2. The maximum Gasteiger partial charge on any atom is 0.311 e. The fourth-order valence-corrected chi connectivity index (χ4v) is 13.8. The standard InChI is InChI=1S/C39H63NO6/c1-24-17-26(22-44-33(41)34(2,3)4)45-27-18-37(8)29-10-9-28-35(5,6)30(46-31-19-40(15-16-43-31)25-20-42-21-25)11-12-38(28)23-39(29,38)14-13-36(37,7)32(24)27/h24-32H,9-23H2,1-8H3/t24-,26?,27?,28?,29?,30+,31?,32?,36?,37+,38-,39?/m1/s1. The number of morpholine rings is 1. The number of carbonyl (C=O) groups excluding carboxylic acids is 1. The Balaban J connectivity index is 0.974. The Bertz CT molecular complexity index is 1210. The molecule has 46 heavy (non-hydrogen) atoms. The molecule has 8 rings (SSSR count). The van der Waals surface area contributed by atoms with Gasteiger partial charge in [0.15, 0.2) is 6.29 Å². The fourth-order valence-electron chi connectivity index (χ4n) is 13.8. The molecule has 0 aromatic heterocycles. The van der Waals surface area contributed by atoms with Gasteiger partial charge in [0.2, 0.25) is 0 Å². The predicted molar refractivity (Wildman–Crippen MR) is 176 cm³/mol. The summed E-state index contributed by atoms with van der Waals surface area (Å²) < 4.78 is 31.4. The molecule has 8 fully saturated rings. The van der Waals surface area contributed by atoms with Gasteiger partial charge in [0, 0.05) is 6.54 Å². The van der Waals surface area contributed by atoms with Crippen LogP contribution in [0.3, 0.4) is 0 Å². The first-order chi connectivity index (χ1) is 21.6. The molecule has 0 radical (unpaired) electrons. The van der Waals surface area contributed by atoms with Crippen LogP contribution in [0, 0.1) is 56.2 Å². The zero-order chi connectivity index (χ0) is 32.5. The van der Waals surface area contributed by atoms with E-state index in [1.54, 1.807) is 0 Å². The second kappa shape index (κ2) is 10.6. The summed E-state index contributed by atoms with van der Waals surface area (Å²) in [7, 11) is 0. The molecule has 8 aliphatic rings. The maximum absolute atomic E-state index is 12.6. The fraction of sp³-hybridized carbons (Fsp3) is 0.974. The van der Waals surface area contributed by atoms with Gasteiger partial charge in [0.1, 0.15) is 6.61 Å². The molecular weight excluding hydrogens is 578 g/mol. The number of hydrogen-bond donors (Lipinski definition) is 0. The van der Waals surface area contributed by atoms with E-state index in [4.69, 9.17) is 23.7 Å². The first-order valence-corrected chi connectivity index (χ1v) is 19.1. The Hall–Kier alpha value is -0.730. The molecule has 3 heterocycles. The van der Waals surface area contributed by atoms with Crippen LogP contribution in [0.25, 0.3) is 0 Å². The lowest BCUT2D eigenvalue weighted by atomic mass is 9.41. The lowest BCUT2D eigenvalue weighted by molar-refractivity contribution is -0.255. The average molecular weight is 642 g/mol. The van der Waals surface area contributed by atoms with E-state index in [1.165, 1.54) is 51.4 Å². The number of nitrogens with zero attached hydrogens (tertiary/aromatic N) is 1. The number of rotatable bonds is 5. The molecule has 5 aliphatic carbocycles. The molecule has 0 aromatic carbocycles. The second-order valence-electron chi connectivity index (χ2n) is 19.6. The number of esters is 1. The van der Waals surface area contributed by atoms with Gasteiger partial charge in [-0.1, -0.05) is 34.6 Å². The average Bonchev–Trinajstić information content (AvgIpc) is 3.55. The van der Waals surface area contributed by atoms with E-state index in [0.29, 0.717) is 46.1 Å². The molecule has 260 valence electrons. The zero-order valence-electron chi connectivity index (χ0n) is 30.2. The Morgan fingerprint density at radius 2 is 1.70 bits per heavy atom. The van der Waals surface area contributed by atoms with Gasteiger partial charge >= 0.3 is 5.97 Å². The van der Waals surface area contributed by atoms with Crippen molar-refractivity contribution in [1.82, 2.24) is 4.90 Å². The molecule has 0 N–H and O–H groups in total. The molecule has 8 unspecified atom stereocenters. The maximum atomic E-state index is 12.6. The van der Waals surface area contributed by atoms with Gasteiger partial charge < -0.3 is 23.7 Å². The third kappa shape index (κ3) is 4.49. The monoisotopic (exact) mass is 641 g/mol. The van der Waals surface area contributed by atoms with Crippen LogP contribution in [0.4, 0.5) is 0 Å². The van der Waals surface area contributed by atoms with Crippen LogP contribution >= 0.6 is 0 Å². The quantitative estimate of drug-likeness (QED) is 0.304. The largest absolute Gasteiger partial charge is 0.463 e. The van der Waals surface area contributed by atoms with Crippen LogP contribution in [0.1, 0.15) is 113 Å². The van der Waals surface area contributed by atoms with Crippen molar-refractivity contribution in [3.63, 3.8) is 0 Å². The third-order valence-corrected chi connectivity index (χ3v) is 16.2. The lowest BCUT2D eigenvalue weighted by Crippen LogP contribution is -2.59. The molecule has 3 saturated heterocycles. The smallest absolute Gasteiger partial charge is 0.311 e. The van der Waals surface area contributed by atoms with E-state index < -0.39 is 5.41 Å². The van der Waals surface area contributed by atoms with Crippen LogP contribution in [0.5, 0.6) is 0 Å². The Labute approximate surface area is 278 Å². The van der Waals surface area contributed by atoms with Crippen molar-refractivity contribution in [1.29, 1.82) is 0 Å². The number of carbonyl (C=O) groups is 1. The predicted octanol–water partition coefficient (Wildman–Crippen LogP) is 6.86. The molecule has 3 aliphatic heterocycles. The van der Waals surface area contributed by atoms with Gasteiger partial charge in [0.05, 0.1) is 56.1 Å². The highest BCUT2D eigenvalue weighted by Gasteiger charge is 2.83. The minimum atomic E-state index is -0.477. The first kappa shape index (κ1) is 32.5. The van der Waals surface area contributed by atoms with Gasteiger partial charge in [-0.05, 0) is 129 Å². The van der Waals surface area contributed by atoms with Crippen molar-refractivity contribution >= 4 is 5.97 Å². The summed E-state index contributed by atoms with van der Waals surface area (Å²) >= 11 is 0. The molecular formula is C39H63NO6. The van der Waals surface area contributed by atoms with E-state index >= 15 is 0 Å². The number of ether oxygens (including phenoxy) is 5. The summed E-state index contributed by atoms with van der Waals surface area (Å²) in [4.78, 5) is 15.1. The van der Waals surface area contributed by atoms with Crippen LogP contribution in [-0.2, 0) is 28.5 Å². The normalized spacial score (nSPS) is 51.5. The van der Waals surface area contributed by atoms with Crippen molar-refractivity contribution in [3.8, 4) is 0 Å². The van der Waals surface area contributed by atoms with E-state index in [1.807, 2.05) is 20.8 Å². The molecule has 7 nitrogen and oxygen atoms in total. The van der Waals surface area contributed by atoms with Crippen molar-refractivity contribution in [3.05, 3.63) is 0 Å². The van der Waals surface area contributed by atoms with Crippen LogP contribution < -0.4 is 0 Å². The topological polar surface area (TPSA) is 66.5 Å². The van der Waals surface area contributed by atoms with Crippen molar-refractivity contribution in [2.45, 2.75) is 144 Å². The highest BCUT2D eigenvalue weighted by atomic mass is 16.7. The molecule has 0 amide bonds. The van der Waals surface area contributed by atoms with E-state index in [9.17, 15) is 4.79 Å². The Kier molecular flexibility index (Phi) is 7.51. The van der Waals surface area contributed by atoms with Crippen molar-refractivity contribution < 1.29 is 28.5 Å². The summed E-state index contributed by atoms with van der Waals surface area (Å²) in [5, 5.41) is 0. The minimum absolute atomic E-state index is 0.0187. The van der Waals surface area contributed by atoms with Gasteiger partial charge in [0.25, 0.3) is 0 Å². The lowest BCUT2D eigenvalue weighted by Gasteiger charge is -2.63. The first-order valence-electron chi connectivity index (χ1n) is 19.1. The third-order valence-electron chi connectivity index (χ3n) is 16.2. The van der Waals surface area contributed by atoms with Gasteiger partial charge in [-0.3, -0.25) is 9.69 Å². The molecule has 12 atom stereocenters. The highest BCUT2D eigenvalue weighted by Crippen LogP contribution is 2.89. The van der Waals surface area contributed by atoms with Gasteiger partial charge in [-0.2, -0.15) is 0 Å². The minimum Gasteiger partial charge on any atom is -0.463 e. The van der Waals surface area contributed by atoms with Crippen molar-refractivity contribution in [2.75, 3.05) is 39.5 Å². The van der Waals surface area contributed by atoms with Gasteiger partial charge in [-0.15, -0.1) is 0 Å².